The third-order valence-electron chi connectivity index (χ3n) is 3.29. The maximum Gasteiger partial charge on any atom is 0.357 e. The molecule has 2 rings (SSSR count). The molecule has 1 aromatic rings. The van der Waals surface area contributed by atoms with Gasteiger partial charge in [0, 0.05) is 11.3 Å². The molecule has 0 atom stereocenters. The summed E-state index contributed by atoms with van der Waals surface area (Å²) in [4.78, 5) is 14.8. The van der Waals surface area contributed by atoms with Gasteiger partial charge in [-0.1, -0.05) is 12.8 Å². The van der Waals surface area contributed by atoms with Crippen LogP contribution in [0.4, 0.5) is 5.00 Å². The number of rotatable bonds is 5. The van der Waals surface area contributed by atoms with Crippen molar-refractivity contribution in [2.24, 2.45) is 0 Å². The Labute approximate surface area is 109 Å². The van der Waals surface area contributed by atoms with Crippen molar-refractivity contribution in [3.05, 3.63) is 11.2 Å². The highest BCUT2D eigenvalue weighted by atomic mass is 32.2. The molecule has 1 aliphatic rings. The zero-order valence-corrected chi connectivity index (χ0v) is 11.4. The molecular formula is C11H16N2O2S2. The number of nitrogens with one attached hydrogen (secondary N) is 1. The van der Waals surface area contributed by atoms with E-state index in [0.717, 1.165) is 6.54 Å². The van der Waals surface area contributed by atoms with Gasteiger partial charge in [-0.25, -0.2) is 9.78 Å². The molecule has 0 unspecified atom stereocenters. The van der Waals surface area contributed by atoms with Crippen molar-refractivity contribution in [2.45, 2.75) is 30.4 Å². The molecule has 1 fully saturated rings. The van der Waals surface area contributed by atoms with E-state index < -0.39 is 5.97 Å². The highest BCUT2D eigenvalue weighted by molar-refractivity contribution is 8.00. The van der Waals surface area contributed by atoms with E-state index in [0.29, 0.717) is 5.00 Å². The number of anilines is 1. The number of carboxylic acid groups (broad SMARTS) is 1. The number of hydrogen-bond donors (Lipinski definition) is 2. The Hall–Kier alpha value is -0.750. The highest BCUT2D eigenvalue weighted by Gasteiger charge is 2.33. The first-order chi connectivity index (χ1) is 8.17. The number of thiazole rings is 1. The molecule has 0 amide bonds. The molecule has 0 aliphatic heterocycles. The lowest BCUT2D eigenvalue weighted by atomic mass is 10.1. The van der Waals surface area contributed by atoms with Crippen molar-refractivity contribution >= 4 is 34.1 Å². The summed E-state index contributed by atoms with van der Waals surface area (Å²) in [6, 6.07) is 0. The van der Waals surface area contributed by atoms with Crippen LogP contribution in [0, 0.1) is 0 Å². The van der Waals surface area contributed by atoms with E-state index in [-0.39, 0.29) is 10.4 Å². The summed E-state index contributed by atoms with van der Waals surface area (Å²) in [5.74, 6) is -0.960. The topological polar surface area (TPSA) is 62.2 Å². The van der Waals surface area contributed by atoms with Crippen LogP contribution in [0.3, 0.4) is 0 Å². The van der Waals surface area contributed by atoms with Crippen LogP contribution in [-0.4, -0.2) is 33.6 Å². The number of nitrogens with zero attached hydrogens (tertiary/aromatic N) is 1. The predicted octanol–water partition coefficient (Wildman–Crippen LogP) is 2.93. The lowest BCUT2D eigenvalue weighted by molar-refractivity contribution is 0.0692. The molecule has 2 N–H and O–H groups in total. The van der Waals surface area contributed by atoms with E-state index in [1.165, 1.54) is 37.0 Å². The molecular weight excluding hydrogens is 256 g/mol. The van der Waals surface area contributed by atoms with Gasteiger partial charge in [0.2, 0.25) is 0 Å². The Morgan fingerprint density at radius 2 is 2.35 bits per heavy atom. The number of aromatic nitrogens is 1. The van der Waals surface area contributed by atoms with Gasteiger partial charge >= 0.3 is 5.97 Å². The number of carboxylic acids is 1. The highest BCUT2D eigenvalue weighted by Crippen LogP contribution is 2.40. The Morgan fingerprint density at radius 3 is 2.94 bits per heavy atom. The first-order valence-electron chi connectivity index (χ1n) is 5.63. The van der Waals surface area contributed by atoms with Crippen molar-refractivity contribution in [1.82, 2.24) is 4.98 Å². The fourth-order valence-electron chi connectivity index (χ4n) is 2.24. The van der Waals surface area contributed by atoms with Crippen LogP contribution in [-0.2, 0) is 0 Å². The minimum atomic E-state index is -0.960. The molecule has 4 nitrogen and oxygen atoms in total. The van der Waals surface area contributed by atoms with Gasteiger partial charge in [0.1, 0.15) is 5.00 Å². The monoisotopic (exact) mass is 272 g/mol. The summed E-state index contributed by atoms with van der Waals surface area (Å²) < 4.78 is 0.278. The summed E-state index contributed by atoms with van der Waals surface area (Å²) in [5.41, 5.74) is 1.72. The van der Waals surface area contributed by atoms with Crippen molar-refractivity contribution in [3.63, 3.8) is 0 Å². The van der Waals surface area contributed by atoms with E-state index in [9.17, 15) is 4.79 Å². The van der Waals surface area contributed by atoms with Crippen LogP contribution < -0.4 is 5.32 Å². The van der Waals surface area contributed by atoms with Crippen molar-refractivity contribution in [1.29, 1.82) is 0 Å². The number of carbonyl (C=O) groups is 1. The normalized spacial score (nSPS) is 18.2. The molecule has 0 bridgehead atoms. The second kappa shape index (κ2) is 5.27. The Balaban J connectivity index is 2.01. The first kappa shape index (κ1) is 12.7. The number of thioether (sulfide) groups is 1. The zero-order chi connectivity index (χ0) is 12.3. The van der Waals surface area contributed by atoms with Crippen LogP contribution in [0.25, 0.3) is 0 Å². The van der Waals surface area contributed by atoms with Gasteiger partial charge in [-0.15, -0.1) is 11.3 Å². The molecule has 1 aliphatic carbocycles. The average Bonchev–Trinajstić information content (AvgIpc) is 2.96. The quantitative estimate of drug-likeness (QED) is 0.863. The van der Waals surface area contributed by atoms with E-state index in [1.54, 1.807) is 5.51 Å². The molecule has 0 radical (unpaired) electrons. The van der Waals surface area contributed by atoms with E-state index in [2.05, 4.69) is 16.6 Å². The molecule has 1 saturated carbocycles. The summed E-state index contributed by atoms with van der Waals surface area (Å²) in [6.07, 6.45) is 7.11. The summed E-state index contributed by atoms with van der Waals surface area (Å²) in [7, 11) is 0. The maximum atomic E-state index is 10.9. The fraction of sp³-hybridized carbons (Fsp3) is 0.636. The van der Waals surface area contributed by atoms with Gasteiger partial charge in [-0.2, -0.15) is 11.8 Å². The lowest BCUT2D eigenvalue weighted by Gasteiger charge is -2.27. The molecule has 1 heterocycles. The predicted molar refractivity (Wildman–Crippen MR) is 72.3 cm³/mol. The van der Waals surface area contributed by atoms with Crippen molar-refractivity contribution in [3.8, 4) is 0 Å². The fourth-order valence-corrected chi connectivity index (χ4v) is 3.82. The third kappa shape index (κ3) is 2.74. The molecule has 0 spiro atoms. The van der Waals surface area contributed by atoms with Crippen molar-refractivity contribution < 1.29 is 9.90 Å². The SMILES string of the molecule is CSC1(CNc2scnc2C(=O)O)CCCC1. The zero-order valence-electron chi connectivity index (χ0n) is 9.73. The van der Waals surface area contributed by atoms with Crippen LogP contribution in [0.1, 0.15) is 36.2 Å². The molecule has 0 saturated heterocycles. The third-order valence-corrected chi connectivity index (χ3v) is 5.49. The largest absolute Gasteiger partial charge is 0.476 e. The number of aromatic carboxylic acids is 1. The van der Waals surface area contributed by atoms with Gasteiger partial charge < -0.3 is 10.4 Å². The number of hydrogen-bond acceptors (Lipinski definition) is 5. The summed E-state index contributed by atoms with van der Waals surface area (Å²) in [5, 5.41) is 12.9. The Kier molecular flexibility index (Phi) is 3.93. The van der Waals surface area contributed by atoms with Gasteiger partial charge in [-0.05, 0) is 19.1 Å². The van der Waals surface area contributed by atoms with Crippen LogP contribution in [0.15, 0.2) is 5.51 Å². The van der Waals surface area contributed by atoms with Crippen LogP contribution in [0.5, 0.6) is 0 Å². The molecule has 1 aromatic heterocycles. The second-order valence-electron chi connectivity index (χ2n) is 4.28. The van der Waals surface area contributed by atoms with Crippen molar-refractivity contribution in [2.75, 3.05) is 18.1 Å². The van der Waals surface area contributed by atoms with Crippen LogP contribution >= 0.6 is 23.1 Å². The Bertz CT molecular complexity index is 400. The maximum absolute atomic E-state index is 10.9. The van der Waals surface area contributed by atoms with Crippen LogP contribution in [0.2, 0.25) is 0 Å². The van der Waals surface area contributed by atoms with E-state index in [4.69, 9.17) is 5.11 Å². The van der Waals surface area contributed by atoms with E-state index in [1.807, 2.05) is 11.8 Å². The minimum absolute atomic E-state index is 0.143. The first-order valence-corrected chi connectivity index (χ1v) is 7.73. The summed E-state index contributed by atoms with van der Waals surface area (Å²) >= 11 is 3.25. The van der Waals surface area contributed by atoms with Gasteiger partial charge in [0.25, 0.3) is 0 Å². The Morgan fingerprint density at radius 1 is 1.65 bits per heavy atom. The second-order valence-corrected chi connectivity index (χ2v) is 6.41. The van der Waals surface area contributed by atoms with Gasteiger partial charge in [0.05, 0.1) is 5.51 Å². The molecule has 17 heavy (non-hydrogen) atoms. The standard InChI is InChI=1S/C11H16N2O2S2/c1-16-11(4-2-3-5-11)6-12-9-8(10(14)15)13-7-17-9/h7,12H,2-6H2,1H3,(H,14,15). The molecule has 94 valence electrons. The molecule has 0 aromatic carbocycles. The molecule has 6 heteroatoms. The summed E-state index contributed by atoms with van der Waals surface area (Å²) in [6.45, 7) is 0.830. The average molecular weight is 272 g/mol. The minimum Gasteiger partial charge on any atom is -0.476 e. The smallest absolute Gasteiger partial charge is 0.357 e. The lowest BCUT2D eigenvalue weighted by Crippen LogP contribution is -2.30. The van der Waals surface area contributed by atoms with E-state index >= 15 is 0 Å². The van der Waals surface area contributed by atoms with Gasteiger partial charge in [0.15, 0.2) is 5.69 Å². The van der Waals surface area contributed by atoms with Gasteiger partial charge in [-0.3, -0.25) is 0 Å².